The minimum Gasteiger partial charge on any atom is -0.480 e. The summed E-state index contributed by atoms with van der Waals surface area (Å²) >= 11 is 0. The zero-order valence-electron chi connectivity index (χ0n) is 19.2. The Labute approximate surface area is 202 Å². The third kappa shape index (κ3) is 4.49. The maximum absolute atomic E-state index is 12.9. The monoisotopic (exact) mass is 480 g/mol. The number of amides is 2. The van der Waals surface area contributed by atoms with Gasteiger partial charge in [-0.3, -0.25) is 4.79 Å². The molecule has 2 amide bonds. The summed E-state index contributed by atoms with van der Waals surface area (Å²) in [5.41, 5.74) is 3.10. The van der Waals surface area contributed by atoms with Gasteiger partial charge in [0.25, 0.3) is 5.91 Å². The van der Waals surface area contributed by atoms with Gasteiger partial charge in [-0.15, -0.1) is 0 Å². The van der Waals surface area contributed by atoms with Gasteiger partial charge in [-0.25, -0.2) is 9.59 Å². The number of nitrogens with one attached hydrogen (secondary N) is 2. The van der Waals surface area contributed by atoms with E-state index in [-0.39, 0.29) is 45.2 Å². The molecule has 2 aromatic carbocycles. The van der Waals surface area contributed by atoms with E-state index in [9.17, 15) is 19.5 Å². The zero-order valence-corrected chi connectivity index (χ0v) is 19.2. The minimum absolute atomic E-state index is 0.0731. The Morgan fingerprint density at radius 1 is 0.971 bits per heavy atom. The van der Waals surface area contributed by atoms with E-state index in [1.165, 1.54) is 0 Å². The Morgan fingerprint density at radius 3 is 2.23 bits per heavy atom. The molecule has 0 radical (unpaired) electrons. The van der Waals surface area contributed by atoms with Crippen LogP contribution in [0.4, 0.5) is 4.79 Å². The average molecular weight is 481 g/mol. The molecule has 2 aromatic rings. The topological polar surface area (TPSA) is 123 Å². The SMILES string of the molecule is O=C(N[C@H]1CCO[C@H]1C(=O)NC1(C(=O)O)CCOCC1)OCC1c2ccccc2-c2ccccc21. The maximum atomic E-state index is 12.9. The van der Waals surface area contributed by atoms with Crippen LogP contribution in [0.3, 0.4) is 0 Å². The number of alkyl carbamates (subject to hydrolysis) is 1. The average Bonchev–Trinajstić information content (AvgIpc) is 3.46. The van der Waals surface area contributed by atoms with Gasteiger partial charge in [0.15, 0.2) is 6.10 Å². The summed E-state index contributed by atoms with van der Waals surface area (Å²) in [6, 6.07) is 15.5. The third-order valence-electron chi connectivity index (χ3n) is 7.12. The highest BCUT2D eigenvalue weighted by atomic mass is 16.6. The number of rotatable bonds is 6. The van der Waals surface area contributed by atoms with E-state index in [0.29, 0.717) is 6.42 Å². The molecule has 3 N–H and O–H groups in total. The Balaban J connectivity index is 1.21. The summed E-state index contributed by atoms with van der Waals surface area (Å²) in [6.07, 6.45) is -0.865. The number of benzene rings is 2. The quantitative estimate of drug-likeness (QED) is 0.580. The number of carbonyl (C=O) groups excluding carboxylic acids is 2. The van der Waals surface area contributed by atoms with E-state index in [2.05, 4.69) is 22.8 Å². The van der Waals surface area contributed by atoms with Crippen molar-refractivity contribution in [2.75, 3.05) is 26.4 Å². The number of aliphatic carboxylic acids is 1. The van der Waals surface area contributed by atoms with Gasteiger partial charge in [-0.2, -0.15) is 0 Å². The second-order valence-electron chi connectivity index (χ2n) is 9.15. The minimum atomic E-state index is -1.39. The molecule has 9 nitrogen and oxygen atoms in total. The van der Waals surface area contributed by atoms with Crippen molar-refractivity contribution in [3.05, 3.63) is 59.7 Å². The Hall–Kier alpha value is -3.43. The standard InChI is InChI=1S/C26H28N2O7/c29-23(28-26(24(30)31)10-13-33-14-11-26)22-21(9-12-34-22)27-25(32)35-15-20-18-7-3-1-5-16(18)17-6-2-4-8-19(17)20/h1-8,20-22H,9-15H2,(H,27,32)(H,28,29)(H,30,31)/t21-,22+/m0/s1. The molecule has 35 heavy (non-hydrogen) atoms. The molecule has 2 aliphatic heterocycles. The normalized spacial score (nSPS) is 22.6. The van der Waals surface area contributed by atoms with Crippen LogP contribution in [0.25, 0.3) is 11.1 Å². The number of hydrogen-bond acceptors (Lipinski definition) is 6. The summed E-state index contributed by atoms with van der Waals surface area (Å²) in [5.74, 6) is -1.74. The molecule has 9 heteroatoms. The zero-order chi connectivity index (χ0) is 24.4. The van der Waals surface area contributed by atoms with Crippen molar-refractivity contribution in [3.8, 4) is 11.1 Å². The Bertz CT molecular complexity index is 1080. The second-order valence-corrected chi connectivity index (χ2v) is 9.15. The van der Waals surface area contributed by atoms with E-state index in [1.807, 2.05) is 36.4 Å². The fourth-order valence-corrected chi connectivity index (χ4v) is 5.21. The van der Waals surface area contributed by atoms with Crippen molar-refractivity contribution in [2.45, 2.75) is 42.9 Å². The van der Waals surface area contributed by atoms with Gasteiger partial charge < -0.3 is 30.0 Å². The third-order valence-corrected chi connectivity index (χ3v) is 7.12. The molecule has 0 saturated carbocycles. The first kappa shape index (κ1) is 23.3. The maximum Gasteiger partial charge on any atom is 0.407 e. The molecule has 2 saturated heterocycles. The van der Waals surface area contributed by atoms with Gasteiger partial charge >= 0.3 is 12.1 Å². The van der Waals surface area contributed by atoms with Crippen molar-refractivity contribution in [1.29, 1.82) is 0 Å². The van der Waals surface area contributed by atoms with Crippen LogP contribution in [0.5, 0.6) is 0 Å². The highest BCUT2D eigenvalue weighted by Crippen LogP contribution is 2.44. The predicted octanol–water partition coefficient (Wildman–Crippen LogP) is 2.43. The lowest BCUT2D eigenvalue weighted by molar-refractivity contribution is -0.154. The van der Waals surface area contributed by atoms with Gasteiger partial charge in [0.2, 0.25) is 0 Å². The molecule has 5 rings (SSSR count). The number of hydrogen-bond donors (Lipinski definition) is 3. The van der Waals surface area contributed by atoms with Crippen LogP contribution in [0.15, 0.2) is 48.5 Å². The highest BCUT2D eigenvalue weighted by Gasteiger charge is 2.45. The summed E-state index contributed by atoms with van der Waals surface area (Å²) in [7, 11) is 0. The number of carbonyl (C=O) groups is 3. The molecular formula is C26H28N2O7. The summed E-state index contributed by atoms with van der Waals surface area (Å²) in [6.45, 7) is 0.932. The van der Waals surface area contributed by atoms with E-state index >= 15 is 0 Å². The van der Waals surface area contributed by atoms with Crippen LogP contribution < -0.4 is 10.6 Å². The van der Waals surface area contributed by atoms with Gasteiger partial charge in [0.1, 0.15) is 12.1 Å². The molecule has 0 bridgehead atoms. The Kier molecular flexibility index (Phi) is 6.44. The molecule has 3 aliphatic rings. The van der Waals surface area contributed by atoms with E-state index < -0.39 is 35.7 Å². The summed E-state index contributed by atoms with van der Waals surface area (Å²) < 4.78 is 16.4. The first-order valence-corrected chi connectivity index (χ1v) is 11.8. The summed E-state index contributed by atoms with van der Waals surface area (Å²) in [4.78, 5) is 37.5. The van der Waals surface area contributed by atoms with Crippen molar-refractivity contribution < 1.29 is 33.7 Å². The van der Waals surface area contributed by atoms with Crippen molar-refractivity contribution in [2.24, 2.45) is 0 Å². The van der Waals surface area contributed by atoms with Crippen molar-refractivity contribution in [1.82, 2.24) is 10.6 Å². The highest BCUT2D eigenvalue weighted by molar-refractivity contribution is 5.90. The fourth-order valence-electron chi connectivity index (χ4n) is 5.21. The van der Waals surface area contributed by atoms with Crippen molar-refractivity contribution >= 4 is 18.0 Å². The number of carboxylic acids is 1. The summed E-state index contributed by atoms with van der Waals surface area (Å²) in [5, 5.41) is 15.1. The van der Waals surface area contributed by atoms with Crippen LogP contribution in [0.1, 0.15) is 36.3 Å². The largest absolute Gasteiger partial charge is 0.480 e. The van der Waals surface area contributed by atoms with Crippen molar-refractivity contribution in [3.63, 3.8) is 0 Å². The molecule has 0 unspecified atom stereocenters. The molecule has 2 heterocycles. The number of carboxylic acid groups (broad SMARTS) is 1. The first-order valence-electron chi connectivity index (χ1n) is 11.8. The lowest BCUT2D eigenvalue weighted by Gasteiger charge is -2.35. The molecule has 184 valence electrons. The molecule has 2 atom stereocenters. The van der Waals surface area contributed by atoms with Crippen LogP contribution >= 0.6 is 0 Å². The lowest BCUT2D eigenvalue weighted by atomic mass is 9.89. The van der Waals surface area contributed by atoms with Gasteiger partial charge in [0.05, 0.1) is 6.04 Å². The van der Waals surface area contributed by atoms with Gasteiger partial charge in [-0.1, -0.05) is 48.5 Å². The number of fused-ring (bicyclic) bond motifs is 3. The molecular weight excluding hydrogens is 452 g/mol. The number of ether oxygens (including phenoxy) is 3. The van der Waals surface area contributed by atoms with Crippen LogP contribution in [-0.4, -0.2) is 67.2 Å². The smallest absolute Gasteiger partial charge is 0.407 e. The Morgan fingerprint density at radius 2 is 1.60 bits per heavy atom. The van der Waals surface area contributed by atoms with E-state index in [1.54, 1.807) is 0 Å². The molecule has 0 spiro atoms. The lowest BCUT2D eigenvalue weighted by Crippen LogP contribution is -2.61. The van der Waals surface area contributed by atoms with E-state index in [0.717, 1.165) is 22.3 Å². The van der Waals surface area contributed by atoms with Gasteiger partial charge in [-0.05, 0) is 28.7 Å². The van der Waals surface area contributed by atoms with Crippen LogP contribution in [0, 0.1) is 0 Å². The molecule has 1 aliphatic carbocycles. The predicted molar refractivity (Wildman–Crippen MR) is 125 cm³/mol. The first-order chi connectivity index (χ1) is 17.0. The van der Waals surface area contributed by atoms with Gasteiger partial charge in [0, 0.05) is 38.6 Å². The van der Waals surface area contributed by atoms with E-state index in [4.69, 9.17) is 14.2 Å². The molecule has 0 aromatic heterocycles. The second kappa shape index (κ2) is 9.67. The van der Waals surface area contributed by atoms with Crippen LogP contribution in [-0.2, 0) is 23.8 Å². The fraction of sp³-hybridized carbons (Fsp3) is 0.423. The van der Waals surface area contributed by atoms with Crippen LogP contribution in [0.2, 0.25) is 0 Å². The molecule has 2 fully saturated rings.